The van der Waals surface area contributed by atoms with Gasteiger partial charge in [-0.2, -0.15) is 0 Å². The van der Waals surface area contributed by atoms with Crippen molar-refractivity contribution < 1.29 is 13.9 Å². The van der Waals surface area contributed by atoms with Gasteiger partial charge in [-0.15, -0.1) is 0 Å². The van der Waals surface area contributed by atoms with Crippen molar-refractivity contribution in [1.29, 1.82) is 0 Å². The van der Waals surface area contributed by atoms with Crippen LogP contribution < -0.4 is 10.5 Å². The average Bonchev–Trinajstić information content (AvgIpc) is 2.84. The van der Waals surface area contributed by atoms with Crippen LogP contribution in [0.15, 0.2) is 18.2 Å². The molecule has 0 spiro atoms. The summed E-state index contributed by atoms with van der Waals surface area (Å²) in [5, 5.41) is 0. The van der Waals surface area contributed by atoms with Crippen molar-refractivity contribution in [2.75, 3.05) is 13.2 Å². The molecule has 1 aromatic rings. The number of hydrogen-bond donors (Lipinski definition) is 1. The Morgan fingerprint density at radius 3 is 3.00 bits per heavy atom. The predicted octanol–water partition coefficient (Wildman–Crippen LogP) is 2.41. The van der Waals surface area contributed by atoms with E-state index in [1.54, 1.807) is 12.1 Å². The van der Waals surface area contributed by atoms with Crippen molar-refractivity contribution in [2.45, 2.75) is 25.4 Å². The minimum atomic E-state index is -0.437. The molecule has 1 aliphatic heterocycles. The van der Waals surface area contributed by atoms with Crippen LogP contribution in [0, 0.1) is 5.82 Å². The summed E-state index contributed by atoms with van der Waals surface area (Å²) >= 11 is 4.78. The molecule has 1 fully saturated rings. The van der Waals surface area contributed by atoms with Crippen molar-refractivity contribution in [2.24, 2.45) is 5.73 Å². The molecule has 2 rings (SSSR count). The summed E-state index contributed by atoms with van der Waals surface area (Å²) in [6.45, 7) is 1.27. The van der Waals surface area contributed by atoms with Gasteiger partial charge in [0.05, 0.1) is 12.7 Å². The summed E-state index contributed by atoms with van der Waals surface area (Å²) in [4.78, 5) is 0.180. The standard InChI is InChI=1S/C13H16FNO2S/c14-11-8-9(13(15)18)3-4-12(11)17-7-5-10-2-1-6-16-10/h3-4,8,10H,1-2,5-7H2,(H2,15,18). The van der Waals surface area contributed by atoms with E-state index in [1.165, 1.54) is 6.07 Å². The molecule has 0 aliphatic carbocycles. The first-order chi connectivity index (χ1) is 8.66. The van der Waals surface area contributed by atoms with E-state index in [1.807, 2.05) is 0 Å². The van der Waals surface area contributed by atoms with E-state index in [2.05, 4.69) is 0 Å². The second-order valence-corrected chi connectivity index (χ2v) is 4.72. The number of ether oxygens (including phenoxy) is 2. The number of benzene rings is 1. The van der Waals surface area contributed by atoms with Crippen molar-refractivity contribution in [3.05, 3.63) is 29.6 Å². The number of nitrogens with two attached hydrogens (primary N) is 1. The minimum absolute atomic E-state index is 0.180. The van der Waals surface area contributed by atoms with Crippen LogP contribution in [0.2, 0.25) is 0 Å². The third-order valence-electron chi connectivity index (χ3n) is 2.94. The molecule has 1 unspecified atom stereocenters. The molecule has 1 aromatic carbocycles. The number of thiocarbonyl (C=S) groups is 1. The van der Waals surface area contributed by atoms with Gasteiger partial charge in [0.1, 0.15) is 4.99 Å². The fourth-order valence-electron chi connectivity index (χ4n) is 1.94. The van der Waals surface area contributed by atoms with Crippen LogP contribution in [0.25, 0.3) is 0 Å². The normalized spacial score (nSPS) is 18.8. The van der Waals surface area contributed by atoms with Crippen molar-refractivity contribution in [3.8, 4) is 5.75 Å². The SMILES string of the molecule is NC(=S)c1ccc(OCCC2CCCO2)c(F)c1. The van der Waals surface area contributed by atoms with E-state index >= 15 is 0 Å². The zero-order chi connectivity index (χ0) is 13.0. The maximum absolute atomic E-state index is 13.6. The molecule has 0 bridgehead atoms. The third kappa shape index (κ3) is 3.40. The summed E-state index contributed by atoms with van der Waals surface area (Å²) in [6, 6.07) is 4.51. The molecule has 0 aromatic heterocycles. The Hall–Kier alpha value is -1.20. The molecule has 3 nitrogen and oxygen atoms in total. The van der Waals surface area contributed by atoms with Crippen LogP contribution in [-0.4, -0.2) is 24.3 Å². The molecule has 0 amide bonds. The van der Waals surface area contributed by atoms with Crippen LogP contribution in [0.5, 0.6) is 5.75 Å². The second-order valence-electron chi connectivity index (χ2n) is 4.28. The fourth-order valence-corrected chi connectivity index (χ4v) is 2.07. The lowest BCUT2D eigenvalue weighted by Crippen LogP contribution is -2.12. The first kappa shape index (κ1) is 13.2. The molecule has 1 atom stereocenters. The topological polar surface area (TPSA) is 44.5 Å². The van der Waals surface area contributed by atoms with E-state index in [9.17, 15) is 4.39 Å². The van der Waals surface area contributed by atoms with Crippen LogP contribution in [-0.2, 0) is 4.74 Å². The number of halogens is 1. The molecule has 1 saturated heterocycles. The van der Waals surface area contributed by atoms with Gasteiger partial charge in [0, 0.05) is 18.6 Å². The Bertz CT molecular complexity index is 433. The number of rotatable bonds is 5. The maximum atomic E-state index is 13.6. The smallest absolute Gasteiger partial charge is 0.165 e. The Labute approximate surface area is 111 Å². The van der Waals surface area contributed by atoms with Gasteiger partial charge in [0.2, 0.25) is 0 Å². The lowest BCUT2D eigenvalue weighted by molar-refractivity contribution is 0.0897. The van der Waals surface area contributed by atoms with Gasteiger partial charge in [0.25, 0.3) is 0 Å². The largest absolute Gasteiger partial charge is 0.490 e. The molecular weight excluding hydrogens is 253 g/mol. The van der Waals surface area contributed by atoms with E-state index in [0.717, 1.165) is 25.9 Å². The Kier molecular flexibility index (Phi) is 4.49. The molecule has 2 N–H and O–H groups in total. The van der Waals surface area contributed by atoms with Crippen LogP contribution in [0.3, 0.4) is 0 Å². The highest BCUT2D eigenvalue weighted by Gasteiger charge is 2.15. The summed E-state index contributed by atoms with van der Waals surface area (Å²) in [7, 11) is 0. The lowest BCUT2D eigenvalue weighted by Gasteiger charge is -2.11. The highest BCUT2D eigenvalue weighted by molar-refractivity contribution is 7.80. The molecule has 1 heterocycles. The second kappa shape index (κ2) is 6.11. The quantitative estimate of drug-likeness (QED) is 0.834. The lowest BCUT2D eigenvalue weighted by atomic mass is 10.2. The van der Waals surface area contributed by atoms with Crippen LogP contribution >= 0.6 is 12.2 Å². The minimum Gasteiger partial charge on any atom is -0.490 e. The van der Waals surface area contributed by atoms with Crippen LogP contribution in [0.1, 0.15) is 24.8 Å². The summed E-state index contributed by atoms with van der Waals surface area (Å²) in [5.41, 5.74) is 5.93. The van der Waals surface area contributed by atoms with Gasteiger partial charge in [-0.1, -0.05) is 12.2 Å². The Balaban J connectivity index is 1.87. The average molecular weight is 269 g/mol. The van der Waals surface area contributed by atoms with Gasteiger partial charge in [-0.25, -0.2) is 4.39 Å². The first-order valence-electron chi connectivity index (χ1n) is 6.00. The highest BCUT2D eigenvalue weighted by Crippen LogP contribution is 2.20. The highest BCUT2D eigenvalue weighted by atomic mass is 32.1. The molecule has 98 valence electrons. The summed E-state index contributed by atoms with van der Waals surface area (Å²) in [5.74, 6) is -0.208. The first-order valence-corrected chi connectivity index (χ1v) is 6.41. The molecule has 5 heteroatoms. The van der Waals surface area contributed by atoms with E-state index < -0.39 is 5.82 Å². The molecule has 0 radical (unpaired) electrons. The van der Waals surface area contributed by atoms with E-state index in [-0.39, 0.29) is 16.8 Å². The Morgan fingerprint density at radius 1 is 1.56 bits per heavy atom. The zero-order valence-corrected chi connectivity index (χ0v) is 10.8. The predicted molar refractivity (Wildman–Crippen MR) is 71.4 cm³/mol. The van der Waals surface area contributed by atoms with Gasteiger partial charge in [-0.05, 0) is 31.0 Å². The molecule has 18 heavy (non-hydrogen) atoms. The van der Waals surface area contributed by atoms with Crippen molar-refractivity contribution in [1.82, 2.24) is 0 Å². The summed E-state index contributed by atoms with van der Waals surface area (Å²) < 4.78 is 24.5. The number of hydrogen-bond acceptors (Lipinski definition) is 3. The van der Waals surface area contributed by atoms with E-state index in [4.69, 9.17) is 27.4 Å². The van der Waals surface area contributed by atoms with Gasteiger partial charge in [0.15, 0.2) is 11.6 Å². The van der Waals surface area contributed by atoms with Gasteiger partial charge >= 0.3 is 0 Å². The van der Waals surface area contributed by atoms with Crippen molar-refractivity contribution >= 4 is 17.2 Å². The van der Waals surface area contributed by atoms with Crippen molar-refractivity contribution in [3.63, 3.8) is 0 Å². The monoisotopic (exact) mass is 269 g/mol. The Morgan fingerprint density at radius 2 is 2.39 bits per heavy atom. The van der Waals surface area contributed by atoms with Crippen LogP contribution in [0.4, 0.5) is 4.39 Å². The maximum Gasteiger partial charge on any atom is 0.165 e. The van der Waals surface area contributed by atoms with Gasteiger partial charge < -0.3 is 15.2 Å². The zero-order valence-electron chi connectivity index (χ0n) is 10.0. The molecule has 0 saturated carbocycles. The van der Waals surface area contributed by atoms with E-state index in [0.29, 0.717) is 12.2 Å². The summed E-state index contributed by atoms with van der Waals surface area (Å²) in [6.07, 6.45) is 3.20. The molecular formula is C13H16FNO2S. The fraction of sp³-hybridized carbons (Fsp3) is 0.462. The molecule has 1 aliphatic rings. The third-order valence-corrected chi connectivity index (χ3v) is 3.17. The van der Waals surface area contributed by atoms with Gasteiger partial charge in [-0.3, -0.25) is 0 Å².